The van der Waals surface area contributed by atoms with Crippen LogP contribution in [-0.4, -0.2) is 46.3 Å². The number of nitrogens with zero attached hydrogens (tertiary/aromatic N) is 3. The average molecular weight is 369 g/mol. The fraction of sp³-hybridized carbons (Fsp3) is 0.545. The molecule has 0 bridgehead atoms. The van der Waals surface area contributed by atoms with Crippen molar-refractivity contribution in [3.8, 4) is 5.69 Å². The summed E-state index contributed by atoms with van der Waals surface area (Å²) < 4.78 is 1.93. The minimum Gasteiger partial charge on any atom is -0.356 e. The van der Waals surface area contributed by atoms with Gasteiger partial charge < -0.3 is 10.2 Å². The number of para-hydroxylation sites is 1. The summed E-state index contributed by atoms with van der Waals surface area (Å²) in [5, 5.41) is 7.72. The first-order chi connectivity index (χ1) is 13.1. The number of carbonyl (C=O) groups excluding carboxylic acids is 1. The summed E-state index contributed by atoms with van der Waals surface area (Å²) in [6, 6.07) is 10.7. The Kier molecular flexibility index (Phi) is 6.67. The van der Waals surface area contributed by atoms with Gasteiger partial charge in [0, 0.05) is 30.4 Å². The molecule has 1 N–H and O–H groups in total. The molecule has 27 heavy (non-hydrogen) atoms. The van der Waals surface area contributed by atoms with Crippen LogP contribution in [0.15, 0.2) is 30.3 Å². The summed E-state index contributed by atoms with van der Waals surface area (Å²) in [6.07, 6.45) is 5.36. The number of rotatable bonds is 7. The van der Waals surface area contributed by atoms with Crippen molar-refractivity contribution < 1.29 is 4.79 Å². The van der Waals surface area contributed by atoms with Crippen molar-refractivity contribution in [2.45, 2.75) is 58.9 Å². The van der Waals surface area contributed by atoms with Crippen LogP contribution in [0.4, 0.5) is 0 Å². The number of nitrogens with one attached hydrogen (secondary N) is 1. The molecule has 1 aromatic heterocycles. The Hall–Kier alpha value is -2.14. The van der Waals surface area contributed by atoms with E-state index in [2.05, 4.69) is 22.2 Å². The lowest BCUT2D eigenvalue weighted by Gasteiger charge is -2.33. The fourth-order valence-corrected chi connectivity index (χ4v) is 3.97. The lowest BCUT2D eigenvalue weighted by Crippen LogP contribution is -2.39. The van der Waals surface area contributed by atoms with Gasteiger partial charge in [-0.1, -0.05) is 24.6 Å². The standard InChI is InChI=1S/C22H32N4O/c1-17-10-7-8-14-25(17)15-9-13-23-22(27)16-21-18(2)24-26(19(21)3)20-11-5-4-6-12-20/h4-6,11-12,17H,7-10,13-16H2,1-3H3,(H,23,27)/t17-/m0/s1. The molecule has 1 amide bonds. The van der Waals surface area contributed by atoms with E-state index < -0.39 is 0 Å². The monoisotopic (exact) mass is 368 g/mol. The van der Waals surface area contributed by atoms with E-state index in [-0.39, 0.29) is 5.91 Å². The number of piperidine rings is 1. The molecular weight excluding hydrogens is 336 g/mol. The molecule has 0 unspecified atom stereocenters. The second kappa shape index (κ2) is 9.18. The highest BCUT2D eigenvalue weighted by atomic mass is 16.1. The molecule has 5 nitrogen and oxygen atoms in total. The second-order valence-corrected chi connectivity index (χ2v) is 7.66. The van der Waals surface area contributed by atoms with Crippen molar-refractivity contribution >= 4 is 5.91 Å². The number of amides is 1. The molecule has 1 atom stereocenters. The molecule has 0 aliphatic carbocycles. The third-order valence-electron chi connectivity index (χ3n) is 5.66. The maximum absolute atomic E-state index is 12.4. The Morgan fingerprint density at radius 1 is 1.22 bits per heavy atom. The lowest BCUT2D eigenvalue weighted by atomic mass is 10.0. The summed E-state index contributed by atoms with van der Waals surface area (Å²) >= 11 is 0. The summed E-state index contributed by atoms with van der Waals surface area (Å²) in [4.78, 5) is 15.0. The average Bonchev–Trinajstić information content (AvgIpc) is 2.95. The van der Waals surface area contributed by atoms with Crippen LogP contribution in [0.3, 0.4) is 0 Å². The molecule has 3 rings (SSSR count). The van der Waals surface area contributed by atoms with E-state index in [0.29, 0.717) is 12.5 Å². The first kappa shape index (κ1) is 19.6. The SMILES string of the molecule is Cc1nn(-c2ccccc2)c(C)c1CC(=O)NCCCN1CCCC[C@@H]1C. The van der Waals surface area contributed by atoms with Crippen molar-refractivity contribution in [1.29, 1.82) is 0 Å². The number of aryl methyl sites for hydroxylation is 1. The van der Waals surface area contributed by atoms with Crippen LogP contribution in [0.1, 0.15) is 49.6 Å². The normalized spacial score (nSPS) is 17.8. The van der Waals surface area contributed by atoms with Crippen molar-refractivity contribution in [3.63, 3.8) is 0 Å². The summed E-state index contributed by atoms with van der Waals surface area (Å²) in [5.74, 6) is 0.0838. The molecule has 1 aliphatic heterocycles. The molecule has 1 fully saturated rings. The van der Waals surface area contributed by atoms with E-state index >= 15 is 0 Å². The molecule has 2 aromatic rings. The molecule has 146 valence electrons. The molecule has 1 aromatic carbocycles. The van der Waals surface area contributed by atoms with Crippen LogP contribution in [0, 0.1) is 13.8 Å². The van der Waals surface area contributed by atoms with Gasteiger partial charge >= 0.3 is 0 Å². The smallest absolute Gasteiger partial charge is 0.224 e. The van der Waals surface area contributed by atoms with Gasteiger partial charge in [0.25, 0.3) is 0 Å². The number of carbonyl (C=O) groups is 1. The van der Waals surface area contributed by atoms with E-state index in [1.807, 2.05) is 48.9 Å². The molecule has 0 radical (unpaired) electrons. The number of aromatic nitrogens is 2. The Balaban J connectivity index is 1.50. The van der Waals surface area contributed by atoms with Gasteiger partial charge in [-0.25, -0.2) is 4.68 Å². The van der Waals surface area contributed by atoms with E-state index in [1.165, 1.54) is 25.8 Å². The highest BCUT2D eigenvalue weighted by Crippen LogP contribution is 2.18. The molecule has 1 aliphatic rings. The first-order valence-corrected chi connectivity index (χ1v) is 10.2. The molecular formula is C22H32N4O. The number of benzene rings is 1. The summed E-state index contributed by atoms with van der Waals surface area (Å²) in [6.45, 7) is 9.35. The van der Waals surface area contributed by atoms with Gasteiger partial charge in [-0.3, -0.25) is 4.79 Å². The van der Waals surface area contributed by atoms with Gasteiger partial charge in [-0.15, -0.1) is 0 Å². The number of hydrogen-bond acceptors (Lipinski definition) is 3. The van der Waals surface area contributed by atoms with Gasteiger partial charge in [0.1, 0.15) is 0 Å². The molecule has 1 saturated heterocycles. The van der Waals surface area contributed by atoms with E-state index in [4.69, 9.17) is 0 Å². The quantitative estimate of drug-likeness (QED) is 0.762. The highest BCUT2D eigenvalue weighted by Gasteiger charge is 2.18. The van der Waals surface area contributed by atoms with Crippen LogP contribution in [0.25, 0.3) is 5.69 Å². The van der Waals surface area contributed by atoms with Crippen LogP contribution >= 0.6 is 0 Å². The third kappa shape index (κ3) is 4.98. The highest BCUT2D eigenvalue weighted by molar-refractivity contribution is 5.79. The number of hydrogen-bond donors (Lipinski definition) is 1. The number of likely N-dealkylation sites (tertiary alicyclic amines) is 1. The van der Waals surface area contributed by atoms with Gasteiger partial charge in [-0.2, -0.15) is 5.10 Å². The maximum atomic E-state index is 12.4. The zero-order valence-corrected chi connectivity index (χ0v) is 16.9. The first-order valence-electron chi connectivity index (χ1n) is 10.2. The van der Waals surface area contributed by atoms with Gasteiger partial charge in [0.15, 0.2) is 0 Å². The lowest BCUT2D eigenvalue weighted by molar-refractivity contribution is -0.120. The summed E-state index contributed by atoms with van der Waals surface area (Å²) in [5.41, 5.74) is 4.02. The van der Waals surface area contributed by atoms with Gasteiger partial charge in [-0.05, 0) is 58.7 Å². The molecule has 0 spiro atoms. The zero-order valence-electron chi connectivity index (χ0n) is 16.9. The van der Waals surface area contributed by atoms with Crippen LogP contribution in [-0.2, 0) is 11.2 Å². The third-order valence-corrected chi connectivity index (χ3v) is 5.66. The molecule has 2 heterocycles. The largest absolute Gasteiger partial charge is 0.356 e. The molecule has 0 saturated carbocycles. The van der Waals surface area contributed by atoms with Crippen LogP contribution in [0.2, 0.25) is 0 Å². The Bertz CT molecular complexity index is 753. The Morgan fingerprint density at radius 3 is 2.74 bits per heavy atom. The minimum absolute atomic E-state index is 0.0838. The van der Waals surface area contributed by atoms with E-state index in [9.17, 15) is 4.79 Å². The van der Waals surface area contributed by atoms with E-state index in [1.54, 1.807) is 0 Å². The fourth-order valence-electron chi connectivity index (χ4n) is 3.97. The predicted molar refractivity (Wildman–Crippen MR) is 109 cm³/mol. The van der Waals surface area contributed by atoms with E-state index in [0.717, 1.165) is 42.1 Å². The summed E-state index contributed by atoms with van der Waals surface area (Å²) in [7, 11) is 0. The second-order valence-electron chi connectivity index (χ2n) is 7.66. The van der Waals surface area contributed by atoms with Crippen molar-refractivity contribution in [3.05, 3.63) is 47.3 Å². The van der Waals surface area contributed by atoms with Crippen molar-refractivity contribution in [2.75, 3.05) is 19.6 Å². The van der Waals surface area contributed by atoms with Crippen LogP contribution in [0.5, 0.6) is 0 Å². The van der Waals surface area contributed by atoms with Crippen LogP contribution < -0.4 is 5.32 Å². The van der Waals surface area contributed by atoms with Gasteiger partial charge in [0.2, 0.25) is 5.91 Å². The maximum Gasteiger partial charge on any atom is 0.224 e. The van der Waals surface area contributed by atoms with Crippen molar-refractivity contribution in [2.24, 2.45) is 0 Å². The van der Waals surface area contributed by atoms with Gasteiger partial charge in [0.05, 0.1) is 17.8 Å². The topological polar surface area (TPSA) is 50.2 Å². The Labute approximate surface area is 162 Å². The predicted octanol–water partition coefficient (Wildman–Crippen LogP) is 3.41. The Morgan fingerprint density at radius 2 is 2.00 bits per heavy atom. The van der Waals surface area contributed by atoms with Crippen molar-refractivity contribution in [1.82, 2.24) is 20.0 Å². The zero-order chi connectivity index (χ0) is 19.2. The minimum atomic E-state index is 0.0838. The molecule has 5 heteroatoms.